The van der Waals surface area contributed by atoms with Crippen LogP contribution in [0.1, 0.15) is 19.8 Å². The first kappa shape index (κ1) is 13.0. The van der Waals surface area contributed by atoms with Crippen LogP contribution in [0.3, 0.4) is 0 Å². The number of rotatable bonds is 4. The van der Waals surface area contributed by atoms with Crippen molar-refractivity contribution in [1.29, 1.82) is 0 Å². The molecule has 0 spiro atoms. The van der Waals surface area contributed by atoms with Gasteiger partial charge in [0.1, 0.15) is 5.78 Å². The summed E-state index contributed by atoms with van der Waals surface area (Å²) in [5, 5.41) is 3.39. The Bertz CT molecular complexity index is 243. The van der Waals surface area contributed by atoms with Crippen LogP contribution in [0.15, 0.2) is 0 Å². The molecule has 1 N–H and O–H groups in total. The number of carbonyl (C=O) groups is 1. The molecule has 4 heteroatoms. The Kier molecular flexibility index (Phi) is 4.95. The van der Waals surface area contributed by atoms with Crippen molar-refractivity contribution < 1.29 is 4.79 Å². The Balaban J connectivity index is 1.66. The van der Waals surface area contributed by atoms with E-state index in [9.17, 15) is 4.79 Å². The lowest BCUT2D eigenvalue weighted by Crippen LogP contribution is -2.47. The Morgan fingerprint density at radius 1 is 1.12 bits per heavy atom. The molecular weight excluding hydrogens is 214 g/mol. The Morgan fingerprint density at radius 3 is 2.35 bits per heavy atom. The largest absolute Gasteiger partial charge is 0.314 e. The number of nitrogens with one attached hydrogen (secondary N) is 1. The number of ketones is 1. The predicted octanol–water partition coefficient (Wildman–Crippen LogP) is 0.193. The number of piperazine rings is 1. The summed E-state index contributed by atoms with van der Waals surface area (Å²) in [7, 11) is 0. The molecule has 0 aromatic heterocycles. The summed E-state index contributed by atoms with van der Waals surface area (Å²) in [4.78, 5) is 15.9. The van der Waals surface area contributed by atoms with Gasteiger partial charge in [0, 0.05) is 32.7 Å². The van der Waals surface area contributed by atoms with Gasteiger partial charge in [0.05, 0.1) is 6.54 Å². The van der Waals surface area contributed by atoms with E-state index in [-0.39, 0.29) is 0 Å². The summed E-state index contributed by atoms with van der Waals surface area (Å²) < 4.78 is 0. The molecular formula is C13H25N3O. The van der Waals surface area contributed by atoms with Crippen molar-refractivity contribution in [2.75, 3.05) is 52.4 Å². The fourth-order valence-electron chi connectivity index (χ4n) is 2.90. The van der Waals surface area contributed by atoms with Gasteiger partial charge in [0.15, 0.2) is 0 Å². The third-order valence-corrected chi connectivity index (χ3v) is 3.88. The van der Waals surface area contributed by atoms with Gasteiger partial charge in [-0.2, -0.15) is 0 Å². The zero-order valence-electron chi connectivity index (χ0n) is 11.0. The van der Waals surface area contributed by atoms with Crippen LogP contribution in [-0.4, -0.2) is 67.9 Å². The van der Waals surface area contributed by atoms with Crippen molar-refractivity contribution in [3.05, 3.63) is 0 Å². The number of hydrogen-bond donors (Lipinski definition) is 1. The average Bonchev–Trinajstić information content (AvgIpc) is 2.32. The van der Waals surface area contributed by atoms with E-state index >= 15 is 0 Å². The second kappa shape index (κ2) is 6.47. The summed E-state index contributed by atoms with van der Waals surface area (Å²) in [6, 6.07) is 0. The minimum absolute atomic E-state index is 0.297. The highest BCUT2D eigenvalue weighted by atomic mass is 16.1. The van der Waals surface area contributed by atoms with Crippen LogP contribution >= 0.6 is 0 Å². The standard InChI is InChI=1S/C13H25N3O/c1-12(17)10-15-6-2-13(3-7-15)11-16-8-4-14-5-9-16/h13-14H,2-11H2,1H3. The molecule has 0 aliphatic carbocycles. The summed E-state index contributed by atoms with van der Waals surface area (Å²) in [5.74, 6) is 1.14. The van der Waals surface area contributed by atoms with Gasteiger partial charge in [-0.1, -0.05) is 0 Å². The van der Waals surface area contributed by atoms with E-state index < -0.39 is 0 Å². The highest BCUT2D eigenvalue weighted by Gasteiger charge is 2.22. The third kappa shape index (κ3) is 4.37. The minimum atomic E-state index is 0.297. The van der Waals surface area contributed by atoms with Gasteiger partial charge in [-0.25, -0.2) is 0 Å². The van der Waals surface area contributed by atoms with Gasteiger partial charge in [-0.3, -0.25) is 9.69 Å². The summed E-state index contributed by atoms with van der Waals surface area (Å²) in [6.45, 7) is 10.5. The molecule has 0 aromatic carbocycles. The van der Waals surface area contributed by atoms with E-state index in [0.29, 0.717) is 12.3 Å². The van der Waals surface area contributed by atoms with E-state index in [1.165, 1.54) is 32.5 Å². The maximum absolute atomic E-state index is 11.1. The second-order valence-corrected chi connectivity index (χ2v) is 5.47. The van der Waals surface area contributed by atoms with Gasteiger partial charge in [-0.05, 0) is 38.8 Å². The number of carbonyl (C=O) groups excluding carboxylic acids is 1. The zero-order chi connectivity index (χ0) is 12.1. The molecule has 2 fully saturated rings. The van der Waals surface area contributed by atoms with Crippen LogP contribution in [0.5, 0.6) is 0 Å². The molecule has 0 amide bonds. The van der Waals surface area contributed by atoms with Crippen molar-refractivity contribution in [3.8, 4) is 0 Å². The lowest BCUT2D eigenvalue weighted by atomic mass is 9.96. The molecule has 17 heavy (non-hydrogen) atoms. The maximum atomic E-state index is 11.1. The molecule has 2 aliphatic heterocycles. The quantitative estimate of drug-likeness (QED) is 0.760. The van der Waals surface area contributed by atoms with Gasteiger partial charge in [-0.15, -0.1) is 0 Å². The van der Waals surface area contributed by atoms with Crippen LogP contribution in [0, 0.1) is 5.92 Å². The van der Waals surface area contributed by atoms with Crippen molar-refractivity contribution in [3.63, 3.8) is 0 Å². The lowest BCUT2D eigenvalue weighted by Gasteiger charge is -2.35. The molecule has 0 aromatic rings. The second-order valence-electron chi connectivity index (χ2n) is 5.47. The van der Waals surface area contributed by atoms with Crippen molar-refractivity contribution in [1.82, 2.24) is 15.1 Å². The Morgan fingerprint density at radius 2 is 1.76 bits per heavy atom. The average molecular weight is 239 g/mol. The van der Waals surface area contributed by atoms with Crippen molar-refractivity contribution >= 4 is 5.78 Å². The molecule has 0 unspecified atom stereocenters. The fourth-order valence-corrected chi connectivity index (χ4v) is 2.90. The Hall–Kier alpha value is -0.450. The maximum Gasteiger partial charge on any atom is 0.143 e. The van der Waals surface area contributed by atoms with E-state index in [1.807, 2.05) is 0 Å². The Labute approximate surface area is 104 Å². The summed E-state index contributed by atoms with van der Waals surface area (Å²) >= 11 is 0. The number of hydrogen-bond acceptors (Lipinski definition) is 4. The molecule has 98 valence electrons. The topological polar surface area (TPSA) is 35.6 Å². The van der Waals surface area contributed by atoms with Crippen LogP contribution < -0.4 is 5.32 Å². The van der Waals surface area contributed by atoms with Crippen LogP contribution in [0.25, 0.3) is 0 Å². The van der Waals surface area contributed by atoms with Gasteiger partial charge < -0.3 is 10.2 Å². The first-order chi connectivity index (χ1) is 8.24. The van der Waals surface area contributed by atoms with Crippen molar-refractivity contribution in [2.45, 2.75) is 19.8 Å². The number of piperidine rings is 1. The van der Waals surface area contributed by atoms with Crippen molar-refractivity contribution in [2.24, 2.45) is 5.92 Å². The van der Waals surface area contributed by atoms with E-state index in [0.717, 1.165) is 32.1 Å². The minimum Gasteiger partial charge on any atom is -0.314 e. The SMILES string of the molecule is CC(=O)CN1CCC(CN2CCNCC2)CC1. The van der Waals surface area contributed by atoms with E-state index in [2.05, 4.69) is 15.1 Å². The summed E-state index contributed by atoms with van der Waals surface area (Å²) in [6.07, 6.45) is 2.52. The summed E-state index contributed by atoms with van der Waals surface area (Å²) in [5.41, 5.74) is 0. The highest BCUT2D eigenvalue weighted by Crippen LogP contribution is 2.18. The highest BCUT2D eigenvalue weighted by molar-refractivity contribution is 5.77. The molecule has 0 atom stereocenters. The molecule has 4 nitrogen and oxygen atoms in total. The van der Waals surface area contributed by atoms with Crippen LogP contribution in [0.4, 0.5) is 0 Å². The van der Waals surface area contributed by atoms with Crippen LogP contribution in [-0.2, 0) is 4.79 Å². The molecule has 2 rings (SSSR count). The fraction of sp³-hybridized carbons (Fsp3) is 0.923. The van der Waals surface area contributed by atoms with E-state index in [1.54, 1.807) is 6.92 Å². The monoisotopic (exact) mass is 239 g/mol. The third-order valence-electron chi connectivity index (χ3n) is 3.88. The van der Waals surface area contributed by atoms with Gasteiger partial charge >= 0.3 is 0 Å². The number of nitrogens with zero attached hydrogens (tertiary/aromatic N) is 2. The van der Waals surface area contributed by atoms with Gasteiger partial charge in [0.2, 0.25) is 0 Å². The van der Waals surface area contributed by atoms with E-state index in [4.69, 9.17) is 0 Å². The number of likely N-dealkylation sites (tertiary alicyclic amines) is 1. The first-order valence-electron chi connectivity index (χ1n) is 6.89. The predicted molar refractivity (Wildman–Crippen MR) is 69.2 cm³/mol. The number of Topliss-reactive ketones (excluding diaryl/α,β-unsaturated/α-hetero) is 1. The lowest BCUT2D eigenvalue weighted by molar-refractivity contribution is -0.118. The zero-order valence-corrected chi connectivity index (χ0v) is 11.0. The van der Waals surface area contributed by atoms with Gasteiger partial charge in [0.25, 0.3) is 0 Å². The molecule has 2 saturated heterocycles. The first-order valence-corrected chi connectivity index (χ1v) is 6.89. The smallest absolute Gasteiger partial charge is 0.143 e. The molecule has 0 radical (unpaired) electrons. The normalized spacial score (nSPS) is 25.0. The molecule has 2 heterocycles. The molecule has 0 bridgehead atoms. The molecule has 2 aliphatic rings. The van der Waals surface area contributed by atoms with Crippen LogP contribution in [0.2, 0.25) is 0 Å². The molecule has 0 saturated carbocycles.